The summed E-state index contributed by atoms with van der Waals surface area (Å²) in [7, 11) is -3.32. The molecule has 21 heavy (non-hydrogen) atoms. The van der Waals surface area contributed by atoms with Crippen molar-refractivity contribution in [2.75, 3.05) is 30.0 Å². The van der Waals surface area contributed by atoms with Gasteiger partial charge < -0.3 is 10.6 Å². The van der Waals surface area contributed by atoms with E-state index < -0.39 is 15.2 Å². The van der Waals surface area contributed by atoms with E-state index in [1.165, 1.54) is 17.2 Å². The third-order valence-electron chi connectivity index (χ3n) is 3.35. The number of carbonyl (C=O) groups is 1. The van der Waals surface area contributed by atoms with Crippen molar-refractivity contribution >= 4 is 33.3 Å². The van der Waals surface area contributed by atoms with Crippen molar-refractivity contribution in [1.82, 2.24) is 9.88 Å². The second-order valence-corrected chi connectivity index (χ2v) is 8.34. The van der Waals surface area contributed by atoms with E-state index in [9.17, 15) is 13.2 Å². The Morgan fingerprint density at radius 1 is 1.52 bits per heavy atom. The summed E-state index contributed by atoms with van der Waals surface area (Å²) in [5.41, 5.74) is 6.84. The number of anilines is 1. The SMILES string of the molecule is CCc1cc(C(=O)N2CCSCC2S(C)(=O)=O)cc(N)n1. The number of carbonyl (C=O) groups excluding carboxylic acids is 1. The molecule has 1 atom stereocenters. The number of hydrogen-bond donors (Lipinski definition) is 1. The van der Waals surface area contributed by atoms with Crippen LogP contribution in [0.25, 0.3) is 0 Å². The number of nitrogen functional groups attached to an aromatic ring is 1. The molecule has 1 aromatic heterocycles. The molecule has 0 aromatic carbocycles. The molecule has 1 saturated heterocycles. The topological polar surface area (TPSA) is 93.4 Å². The summed E-state index contributed by atoms with van der Waals surface area (Å²) in [6, 6.07) is 3.18. The summed E-state index contributed by atoms with van der Waals surface area (Å²) in [5.74, 6) is 1.12. The fraction of sp³-hybridized carbons (Fsp3) is 0.538. The Balaban J connectivity index is 2.35. The van der Waals surface area contributed by atoms with Crippen molar-refractivity contribution in [2.45, 2.75) is 18.7 Å². The monoisotopic (exact) mass is 329 g/mol. The van der Waals surface area contributed by atoms with Crippen LogP contribution in [0.5, 0.6) is 0 Å². The molecular weight excluding hydrogens is 310 g/mol. The number of nitrogens with two attached hydrogens (primary N) is 1. The highest BCUT2D eigenvalue weighted by Crippen LogP contribution is 2.23. The zero-order valence-corrected chi connectivity index (χ0v) is 13.7. The highest BCUT2D eigenvalue weighted by atomic mass is 32.2. The number of pyridine rings is 1. The van der Waals surface area contributed by atoms with Gasteiger partial charge in [-0.2, -0.15) is 11.8 Å². The van der Waals surface area contributed by atoms with Crippen molar-refractivity contribution in [1.29, 1.82) is 0 Å². The van der Waals surface area contributed by atoms with Gasteiger partial charge in [-0.15, -0.1) is 0 Å². The quantitative estimate of drug-likeness (QED) is 0.881. The zero-order valence-electron chi connectivity index (χ0n) is 12.1. The number of amides is 1. The van der Waals surface area contributed by atoms with Crippen LogP contribution in [0.15, 0.2) is 12.1 Å². The van der Waals surface area contributed by atoms with Gasteiger partial charge >= 0.3 is 0 Å². The Bertz CT molecular complexity index is 646. The Morgan fingerprint density at radius 2 is 2.24 bits per heavy atom. The molecule has 1 unspecified atom stereocenters. The Kier molecular flexibility index (Phi) is 4.77. The smallest absolute Gasteiger partial charge is 0.255 e. The minimum absolute atomic E-state index is 0.278. The molecule has 1 aliphatic heterocycles. The molecule has 1 aromatic rings. The largest absolute Gasteiger partial charge is 0.384 e. The van der Waals surface area contributed by atoms with Crippen LogP contribution < -0.4 is 5.73 Å². The summed E-state index contributed by atoms with van der Waals surface area (Å²) in [4.78, 5) is 18.2. The van der Waals surface area contributed by atoms with Crippen LogP contribution in [-0.2, 0) is 16.3 Å². The van der Waals surface area contributed by atoms with Gasteiger partial charge in [-0.1, -0.05) is 6.92 Å². The van der Waals surface area contributed by atoms with E-state index in [1.54, 1.807) is 17.8 Å². The third kappa shape index (κ3) is 3.68. The van der Waals surface area contributed by atoms with Crippen LogP contribution in [0, 0.1) is 0 Å². The molecule has 2 heterocycles. The third-order valence-corrected chi connectivity index (χ3v) is 5.99. The molecule has 0 aliphatic carbocycles. The Morgan fingerprint density at radius 3 is 2.86 bits per heavy atom. The van der Waals surface area contributed by atoms with Crippen LogP contribution in [-0.4, -0.2) is 53.9 Å². The summed E-state index contributed by atoms with van der Waals surface area (Å²) in [6.45, 7) is 2.35. The van der Waals surface area contributed by atoms with E-state index >= 15 is 0 Å². The Hall–Kier alpha value is -1.28. The summed E-state index contributed by atoms with van der Waals surface area (Å²) in [5, 5.41) is -0.775. The lowest BCUT2D eigenvalue weighted by molar-refractivity contribution is 0.0749. The zero-order chi connectivity index (χ0) is 15.6. The number of hydrogen-bond acceptors (Lipinski definition) is 6. The maximum Gasteiger partial charge on any atom is 0.255 e. The van der Waals surface area contributed by atoms with E-state index in [4.69, 9.17) is 5.73 Å². The van der Waals surface area contributed by atoms with Gasteiger partial charge in [0.1, 0.15) is 11.2 Å². The molecule has 0 radical (unpaired) electrons. The first kappa shape index (κ1) is 16.1. The van der Waals surface area contributed by atoms with Crippen LogP contribution >= 0.6 is 11.8 Å². The van der Waals surface area contributed by atoms with Crippen LogP contribution in [0.3, 0.4) is 0 Å². The molecule has 116 valence electrons. The predicted molar refractivity (Wildman–Crippen MR) is 85.0 cm³/mol. The van der Waals surface area contributed by atoms with E-state index in [0.29, 0.717) is 24.3 Å². The van der Waals surface area contributed by atoms with Crippen molar-refractivity contribution in [3.8, 4) is 0 Å². The van der Waals surface area contributed by atoms with E-state index in [1.807, 2.05) is 6.92 Å². The van der Waals surface area contributed by atoms with Gasteiger partial charge in [0.2, 0.25) is 0 Å². The van der Waals surface area contributed by atoms with Crippen molar-refractivity contribution < 1.29 is 13.2 Å². The minimum atomic E-state index is -3.32. The molecular formula is C13H19N3O3S2. The molecule has 2 rings (SSSR count). The number of aryl methyl sites for hydroxylation is 1. The fourth-order valence-electron chi connectivity index (χ4n) is 2.25. The van der Waals surface area contributed by atoms with E-state index in [-0.39, 0.29) is 11.7 Å². The van der Waals surface area contributed by atoms with Crippen molar-refractivity contribution in [3.63, 3.8) is 0 Å². The fourth-order valence-corrected chi connectivity index (χ4v) is 5.06. The van der Waals surface area contributed by atoms with Gasteiger partial charge in [-0.3, -0.25) is 4.79 Å². The highest BCUT2D eigenvalue weighted by molar-refractivity contribution is 8.00. The average molecular weight is 329 g/mol. The molecule has 0 saturated carbocycles. The van der Waals surface area contributed by atoms with Gasteiger partial charge in [0.05, 0.1) is 0 Å². The van der Waals surface area contributed by atoms with Crippen LogP contribution in [0.1, 0.15) is 23.0 Å². The second kappa shape index (κ2) is 6.23. The number of sulfone groups is 1. The lowest BCUT2D eigenvalue weighted by atomic mass is 10.1. The number of nitrogens with zero attached hydrogens (tertiary/aromatic N) is 2. The minimum Gasteiger partial charge on any atom is -0.384 e. The van der Waals surface area contributed by atoms with Crippen LogP contribution in [0.2, 0.25) is 0 Å². The summed E-state index contributed by atoms with van der Waals surface area (Å²) >= 11 is 1.55. The normalized spacial score (nSPS) is 19.5. The molecule has 0 bridgehead atoms. The lowest BCUT2D eigenvalue weighted by Gasteiger charge is -2.34. The number of aromatic nitrogens is 1. The molecule has 1 fully saturated rings. The molecule has 1 aliphatic rings. The molecule has 6 nitrogen and oxygen atoms in total. The molecule has 2 N–H and O–H groups in total. The van der Waals surface area contributed by atoms with Crippen molar-refractivity contribution in [3.05, 3.63) is 23.4 Å². The maximum atomic E-state index is 12.6. The average Bonchev–Trinajstić information content (AvgIpc) is 2.45. The van der Waals surface area contributed by atoms with E-state index in [0.717, 1.165) is 11.4 Å². The first-order chi connectivity index (χ1) is 9.82. The number of thioether (sulfide) groups is 1. The lowest BCUT2D eigenvalue weighted by Crippen LogP contribution is -2.49. The molecule has 1 amide bonds. The van der Waals surface area contributed by atoms with Gasteiger partial charge in [-0.05, 0) is 18.6 Å². The van der Waals surface area contributed by atoms with Gasteiger partial charge in [0, 0.05) is 35.6 Å². The van der Waals surface area contributed by atoms with Crippen LogP contribution in [0.4, 0.5) is 5.82 Å². The van der Waals surface area contributed by atoms with Gasteiger partial charge in [0.15, 0.2) is 9.84 Å². The predicted octanol–water partition coefficient (Wildman–Crippen LogP) is 0.786. The number of rotatable bonds is 3. The van der Waals surface area contributed by atoms with E-state index in [2.05, 4.69) is 4.98 Å². The Labute approximate surface area is 129 Å². The maximum absolute atomic E-state index is 12.6. The second-order valence-electron chi connectivity index (χ2n) is 4.98. The van der Waals surface area contributed by atoms with Gasteiger partial charge in [-0.25, -0.2) is 13.4 Å². The first-order valence-electron chi connectivity index (χ1n) is 6.67. The molecule has 8 heteroatoms. The highest BCUT2D eigenvalue weighted by Gasteiger charge is 2.34. The van der Waals surface area contributed by atoms with Crippen molar-refractivity contribution in [2.24, 2.45) is 0 Å². The first-order valence-corrected chi connectivity index (χ1v) is 9.78. The summed E-state index contributed by atoms with van der Waals surface area (Å²) in [6.07, 6.45) is 1.83. The molecule has 0 spiro atoms. The van der Waals surface area contributed by atoms with Gasteiger partial charge in [0.25, 0.3) is 5.91 Å². The summed E-state index contributed by atoms with van der Waals surface area (Å²) < 4.78 is 23.8. The standard InChI is InChI=1S/C13H19N3O3S2/c1-3-10-6-9(7-11(14)15-10)13(17)16-4-5-20-8-12(16)21(2,18)19/h6-7,12H,3-5,8H2,1-2H3,(H2,14,15).